The summed E-state index contributed by atoms with van der Waals surface area (Å²) in [5, 5.41) is 6.37. The van der Waals surface area contributed by atoms with E-state index in [2.05, 4.69) is 10.6 Å². The van der Waals surface area contributed by atoms with Gasteiger partial charge in [0.1, 0.15) is 11.8 Å². The molecule has 0 aromatic heterocycles. The molecule has 2 N–H and O–H groups in total. The van der Waals surface area contributed by atoms with Crippen molar-refractivity contribution in [1.82, 2.24) is 10.6 Å². The minimum atomic E-state index is -0.525. The molecule has 28 heavy (non-hydrogen) atoms. The van der Waals surface area contributed by atoms with Gasteiger partial charge in [-0.3, -0.25) is 9.59 Å². The molecule has 5 heteroatoms. The van der Waals surface area contributed by atoms with Crippen molar-refractivity contribution in [2.24, 2.45) is 23.7 Å². The van der Waals surface area contributed by atoms with Gasteiger partial charge in [-0.15, -0.1) is 0 Å². The molecular formula is C23H32N2O3. The molecule has 1 aromatic rings. The standard InChI is InChI=1S/C23H32N2O3/c1-14(2)20(24-21(26)18-4-6-19(28-3)7-5-18)22(27)25-23-11-15-8-16(12-23)10-17(9-15)13-23/h4-7,14-17,20H,8-13H2,1-3H3,(H,24,26)(H,25,27). The third-order valence-electron chi connectivity index (χ3n) is 7.01. The highest BCUT2D eigenvalue weighted by molar-refractivity contribution is 5.97. The van der Waals surface area contributed by atoms with Crippen LogP contribution in [0.4, 0.5) is 0 Å². The molecule has 5 nitrogen and oxygen atoms in total. The van der Waals surface area contributed by atoms with Gasteiger partial charge >= 0.3 is 0 Å². The molecule has 2 amide bonds. The summed E-state index contributed by atoms with van der Waals surface area (Å²) in [6.07, 6.45) is 7.37. The van der Waals surface area contributed by atoms with Crippen LogP contribution < -0.4 is 15.4 Å². The maximum absolute atomic E-state index is 13.2. The number of carbonyl (C=O) groups excluding carboxylic acids is 2. The second-order valence-electron chi connectivity index (χ2n) is 9.61. The van der Waals surface area contributed by atoms with Crippen molar-refractivity contribution >= 4 is 11.8 Å². The Morgan fingerprint density at radius 3 is 2.00 bits per heavy atom. The Labute approximate surface area is 167 Å². The number of amides is 2. The van der Waals surface area contributed by atoms with Crippen LogP contribution in [-0.2, 0) is 4.79 Å². The van der Waals surface area contributed by atoms with E-state index in [9.17, 15) is 9.59 Å². The minimum absolute atomic E-state index is 0.0242. The highest BCUT2D eigenvalue weighted by Gasteiger charge is 2.52. The maximum Gasteiger partial charge on any atom is 0.251 e. The Balaban J connectivity index is 1.44. The lowest BCUT2D eigenvalue weighted by atomic mass is 9.53. The van der Waals surface area contributed by atoms with Crippen molar-refractivity contribution in [3.8, 4) is 5.75 Å². The molecule has 1 unspecified atom stereocenters. The van der Waals surface area contributed by atoms with Gasteiger partial charge < -0.3 is 15.4 Å². The van der Waals surface area contributed by atoms with E-state index >= 15 is 0 Å². The molecule has 5 rings (SSSR count). The minimum Gasteiger partial charge on any atom is -0.497 e. The number of rotatable bonds is 6. The average molecular weight is 385 g/mol. The first-order valence-electron chi connectivity index (χ1n) is 10.6. The van der Waals surface area contributed by atoms with Crippen molar-refractivity contribution in [3.05, 3.63) is 29.8 Å². The average Bonchev–Trinajstić information content (AvgIpc) is 2.64. The van der Waals surface area contributed by atoms with Crippen molar-refractivity contribution in [1.29, 1.82) is 0 Å². The molecule has 1 atom stereocenters. The molecule has 0 saturated heterocycles. The maximum atomic E-state index is 13.2. The van der Waals surface area contributed by atoms with Gasteiger partial charge in [-0.2, -0.15) is 0 Å². The molecule has 0 heterocycles. The summed E-state index contributed by atoms with van der Waals surface area (Å²) < 4.78 is 5.14. The molecule has 0 spiro atoms. The number of ether oxygens (including phenoxy) is 1. The first kappa shape index (κ1) is 19.3. The van der Waals surface area contributed by atoms with Gasteiger partial charge in [0, 0.05) is 11.1 Å². The topological polar surface area (TPSA) is 67.4 Å². The lowest BCUT2D eigenvalue weighted by molar-refractivity contribution is -0.129. The van der Waals surface area contributed by atoms with Gasteiger partial charge in [0.2, 0.25) is 5.91 Å². The quantitative estimate of drug-likeness (QED) is 0.788. The fourth-order valence-corrected chi connectivity index (χ4v) is 6.10. The molecule has 152 valence electrons. The van der Waals surface area contributed by atoms with Gasteiger partial charge in [-0.05, 0) is 86.5 Å². The molecule has 4 bridgehead atoms. The van der Waals surface area contributed by atoms with Crippen molar-refractivity contribution in [2.75, 3.05) is 7.11 Å². The number of hydrogen-bond donors (Lipinski definition) is 2. The van der Waals surface area contributed by atoms with Gasteiger partial charge in [0.15, 0.2) is 0 Å². The molecule has 4 aliphatic carbocycles. The zero-order valence-electron chi connectivity index (χ0n) is 17.2. The predicted octanol–water partition coefficient (Wildman–Crippen LogP) is 3.53. The van der Waals surface area contributed by atoms with Crippen LogP contribution in [0.5, 0.6) is 5.75 Å². The van der Waals surface area contributed by atoms with Crippen LogP contribution >= 0.6 is 0 Å². The highest BCUT2D eigenvalue weighted by atomic mass is 16.5. The summed E-state index contributed by atoms with van der Waals surface area (Å²) in [4.78, 5) is 25.9. The van der Waals surface area contributed by atoms with E-state index in [1.54, 1.807) is 31.4 Å². The number of carbonyl (C=O) groups is 2. The first-order chi connectivity index (χ1) is 13.4. The van der Waals surface area contributed by atoms with Crippen LogP contribution in [0.25, 0.3) is 0 Å². The molecule has 4 aliphatic rings. The van der Waals surface area contributed by atoms with Crippen molar-refractivity contribution in [3.63, 3.8) is 0 Å². The summed E-state index contributed by atoms with van der Waals surface area (Å²) in [5.41, 5.74) is 0.498. The number of hydrogen-bond acceptors (Lipinski definition) is 3. The lowest BCUT2D eigenvalue weighted by Gasteiger charge is -2.57. The Bertz CT molecular complexity index is 705. The summed E-state index contributed by atoms with van der Waals surface area (Å²) >= 11 is 0. The molecule has 4 saturated carbocycles. The third-order valence-corrected chi connectivity index (χ3v) is 7.01. The largest absolute Gasteiger partial charge is 0.497 e. The fraction of sp³-hybridized carbons (Fsp3) is 0.652. The van der Waals surface area contributed by atoms with E-state index in [0.717, 1.165) is 37.0 Å². The number of nitrogens with one attached hydrogen (secondary N) is 2. The number of methoxy groups -OCH3 is 1. The van der Waals surface area contributed by atoms with Crippen molar-refractivity contribution < 1.29 is 14.3 Å². The van der Waals surface area contributed by atoms with Crippen LogP contribution in [0.2, 0.25) is 0 Å². The van der Waals surface area contributed by atoms with E-state index in [4.69, 9.17) is 4.74 Å². The SMILES string of the molecule is COc1ccc(C(=O)NC(C(=O)NC23CC4CC(CC(C4)C2)C3)C(C)C)cc1. The smallest absolute Gasteiger partial charge is 0.251 e. The Morgan fingerprint density at radius 2 is 1.54 bits per heavy atom. The zero-order chi connectivity index (χ0) is 19.9. The molecule has 1 aromatic carbocycles. The predicted molar refractivity (Wildman–Crippen MR) is 108 cm³/mol. The Morgan fingerprint density at radius 1 is 1.00 bits per heavy atom. The van der Waals surface area contributed by atoms with Gasteiger partial charge in [-0.25, -0.2) is 0 Å². The molecule has 4 fully saturated rings. The van der Waals surface area contributed by atoms with E-state index in [1.807, 2.05) is 13.8 Å². The van der Waals surface area contributed by atoms with Crippen LogP contribution in [0.1, 0.15) is 62.7 Å². The van der Waals surface area contributed by atoms with Crippen molar-refractivity contribution in [2.45, 2.75) is 64.0 Å². The summed E-state index contributed by atoms with van der Waals surface area (Å²) in [6, 6.07) is 6.44. The summed E-state index contributed by atoms with van der Waals surface area (Å²) in [7, 11) is 1.60. The van der Waals surface area contributed by atoms with Gasteiger partial charge in [-0.1, -0.05) is 13.8 Å². The van der Waals surface area contributed by atoms with Crippen LogP contribution in [0.3, 0.4) is 0 Å². The molecule has 0 aliphatic heterocycles. The highest BCUT2D eigenvalue weighted by Crippen LogP contribution is 2.55. The van der Waals surface area contributed by atoms with Crippen LogP contribution in [0, 0.1) is 23.7 Å². The van der Waals surface area contributed by atoms with Gasteiger partial charge in [0.05, 0.1) is 7.11 Å². The van der Waals surface area contributed by atoms with E-state index < -0.39 is 6.04 Å². The van der Waals surface area contributed by atoms with Crippen LogP contribution in [0.15, 0.2) is 24.3 Å². The monoisotopic (exact) mass is 384 g/mol. The zero-order valence-corrected chi connectivity index (χ0v) is 17.2. The van der Waals surface area contributed by atoms with E-state index in [1.165, 1.54) is 19.3 Å². The van der Waals surface area contributed by atoms with Gasteiger partial charge in [0.25, 0.3) is 5.91 Å². The molecule has 0 radical (unpaired) electrons. The Kier molecular flexibility index (Phi) is 5.11. The summed E-state index contributed by atoms with van der Waals surface area (Å²) in [5.74, 6) is 2.81. The normalized spacial score (nSPS) is 31.5. The number of benzene rings is 1. The lowest BCUT2D eigenvalue weighted by Crippen LogP contribution is -2.63. The Hall–Kier alpha value is -2.04. The van der Waals surface area contributed by atoms with Crippen LogP contribution in [-0.4, -0.2) is 30.5 Å². The van der Waals surface area contributed by atoms with E-state index in [-0.39, 0.29) is 23.3 Å². The molecular weight excluding hydrogens is 352 g/mol. The van der Waals surface area contributed by atoms with E-state index in [0.29, 0.717) is 11.3 Å². The third kappa shape index (κ3) is 3.76. The first-order valence-corrected chi connectivity index (χ1v) is 10.6. The second-order valence-corrected chi connectivity index (χ2v) is 9.61. The summed E-state index contributed by atoms with van der Waals surface area (Å²) in [6.45, 7) is 3.97. The second kappa shape index (κ2) is 7.41. The fourth-order valence-electron chi connectivity index (χ4n) is 6.10.